The Kier molecular flexibility index (Phi) is 5.61. The van der Waals surface area contributed by atoms with Crippen molar-refractivity contribution >= 4 is 5.91 Å². The van der Waals surface area contributed by atoms with Crippen molar-refractivity contribution in [2.45, 2.75) is 38.8 Å². The highest BCUT2D eigenvalue weighted by Crippen LogP contribution is 2.24. The van der Waals surface area contributed by atoms with Gasteiger partial charge in [0, 0.05) is 12.6 Å². The minimum atomic E-state index is 0.0369. The van der Waals surface area contributed by atoms with Crippen LogP contribution >= 0.6 is 0 Å². The van der Waals surface area contributed by atoms with Crippen LogP contribution in [-0.4, -0.2) is 36.5 Å². The molecule has 2 unspecified atom stereocenters. The maximum atomic E-state index is 12.0. The monoisotopic (exact) mass is 279 g/mol. The quantitative estimate of drug-likeness (QED) is 0.824. The molecule has 0 saturated carbocycles. The zero-order valence-corrected chi connectivity index (χ0v) is 12.2. The third-order valence-corrected chi connectivity index (χ3v) is 4.18. The van der Waals surface area contributed by atoms with Crippen LogP contribution in [0.15, 0.2) is 22.8 Å². The summed E-state index contributed by atoms with van der Waals surface area (Å²) in [6.45, 7) is 4.70. The molecule has 0 spiro atoms. The molecule has 0 aromatic carbocycles. The number of hydrogen-bond donors (Lipinski definition) is 2. The first kappa shape index (κ1) is 15.1. The second-order valence-electron chi connectivity index (χ2n) is 5.51. The third kappa shape index (κ3) is 4.08. The molecule has 0 bridgehead atoms. The van der Waals surface area contributed by atoms with Crippen molar-refractivity contribution in [3.63, 3.8) is 0 Å². The van der Waals surface area contributed by atoms with E-state index >= 15 is 0 Å². The van der Waals surface area contributed by atoms with Gasteiger partial charge in [-0.3, -0.25) is 9.69 Å². The fourth-order valence-corrected chi connectivity index (χ4v) is 2.85. The third-order valence-electron chi connectivity index (χ3n) is 4.18. The average molecular weight is 279 g/mol. The Morgan fingerprint density at radius 3 is 3.10 bits per heavy atom. The van der Waals surface area contributed by atoms with Crippen molar-refractivity contribution in [2.24, 2.45) is 11.7 Å². The molecule has 1 aromatic rings. The minimum Gasteiger partial charge on any atom is -0.467 e. The van der Waals surface area contributed by atoms with Crippen LogP contribution in [0.5, 0.6) is 0 Å². The normalized spacial score (nSPS) is 23.7. The predicted octanol–water partition coefficient (Wildman–Crippen LogP) is 1.35. The van der Waals surface area contributed by atoms with Crippen LogP contribution in [0.2, 0.25) is 0 Å². The summed E-state index contributed by atoms with van der Waals surface area (Å²) in [5, 5.41) is 2.89. The smallest absolute Gasteiger partial charge is 0.234 e. The number of rotatable bonds is 6. The fourth-order valence-electron chi connectivity index (χ4n) is 2.85. The molecule has 5 nitrogen and oxygen atoms in total. The lowest BCUT2D eigenvalue weighted by molar-refractivity contribution is -0.123. The molecule has 1 saturated heterocycles. The first-order valence-electron chi connectivity index (χ1n) is 7.46. The molecule has 2 rings (SSSR count). The molecule has 0 aliphatic carbocycles. The molecule has 1 aromatic heterocycles. The van der Waals surface area contributed by atoms with E-state index in [1.165, 1.54) is 12.8 Å². The van der Waals surface area contributed by atoms with Gasteiger partial charge in [-0.2, -0.15) is 0 Å². The van der Waals surface area contributed by atoms with Gasteiger partial charge in [0.25, 0.3) is 0 Å². The molecule has 2 atom stereocenters. The number of hydrogen-bond acceptors (Lipinski definition) is 4. The van der Waals surface area contributed by atoms with Gasteiger partial charge >= 0.3 is 0 Å². The molecule has 0 radical (unpaired) electrons. The van der Waals surface area contributed by atoms with E-state index in [1.807, 2.05) is 12.1 Å². The van der Waals surface area contributed by atoms with Gasteiger partial charge in [-0.05, 0) is 37.4 Å². The summed E-state index contributed by atoms with van der Waals surface area (Å²) in [6.07, 6.45) is 5.09. The van der Waals surface area contributed by atoms with E-state index < -0.39 is 0 Å². The van der Waals surface area contributed by atoms with Gasteiger partial charge in [-0.15, -0.1) is 0 Å². The fraction of sp³-hybridized carbons (Fsp3) is 0.667. The number of carbonyl (C=O) groups is 1. The Balaban J connectivity index is 1.77. The number of nitrogens with zero attached hydrogens (tertiary/aromatic N) is 1. The van der Waals surface area contributed by atoms with Crippen LogP contribution in [-0.2, 0) is 11.3 Å². The molecule has 1 aliphatic rings. The van der Waals surface area contributed by atoms with E-state index in [4.69, 9.17) is 10.2 Å². The first-order chi connectivity index (χ1) is 9.72. The van der Waals surface area contributed by atoms with Gasteiger partial charge in [-0.25, -0.2) is 0 Å². The number of furan rings is 1. The molecule has 1 amide bonds. The lowest BCUT2D eigenvalue weighted by atomic mass is 9.89. The van der Waals surface area contributed by atoms with E-state index in [-0.39, 0.29) is 5.91 Å². The molecular weight excluding hydrogens is 254 g/mol. The molecule has 20 heavy (non-hydrogen) atoms. The van der Waals surface area contributed by atoms with Crippen molar-refractivity contribution in [3.8, 4) is 0 Å². The van der Waals surface area contributed by atoms with Crippen LogP contribution in [0.4, 0.5) is 0 Å². The zero-order valence-electron chi connectivity index (χ0n) is 12.2. The van der Waals surface area contributed by atoms with Gasteiger partial charge in [0.05, 0.1) is 19.4 Å². The van der Waals surface area contributed by atoms with Gasteiger partial charge in [0.1, 0.15) is 5.76 Å². The van der Waals surface area contributed by atoms with Gasteiger partial charge in [0.2, 0.25) is 5.91 Å². The molecule has 5 heteroatoms. The molecule has 112 valence electrons. The Bertz CT molecular complexity index is 405. The highest BCUT2D eigenvalue weighted by atomic mass is 16.3. The van der Waals surface area contributed by atoms with Gasteiger partial charge < -0.3 is 15.5 Å². The summed E-state index contributed by atoms with van der Waals surface area (Å²) in [7, 11) is 0. The number of nitrogens with two attached hydrogens (primary N) is 1. The van der Waals surface area contributed by atoms with E-state index in [1.54, 1.807) is 6.26 Å². The summed E-state index contributed by atoms with van der Waals surface area (Å²) < 4.78 is 5.20. The van der Waals surface area contributed by atoms with Crippen LogP contribution in [0.25, 0.3) is 0 Å². The SMILES string of the molecule is CCC1CCN(CC(=O)NCc2ccco2)C(CN)C1. The number of carbonyl (C=O) groups excluding carboxylic acids is 1. The molecular formula is C15H25N3O2. The van der Waals surface area contributed by atoms with Crippen molar-refractivity contribution in [1.29, 1.82) is 0 Å². The predicted molar refractivity (Wildman–Crippen MR) is 78.0 cm³/mol. The average Bonchev–Trinajstić information content (AvgIpc) is 2.99. The number of likely N-dealkylation sites (tertiary alicyclic amines) is 1. The van der Waals surface area contributed by atoms with E-state index in [9.17, 15) is 4.79 Å². The number of nitrogens with one attached hydrogen (secondary N) is 1. The Hall–Kier alpha value is -1.33. The lowest BCUT2D eigenvalue weighted by Gasteiger charge is -2.38. The second-order valence-corrected chi connectivity index (χ2v) is 5.51. The standard InChI is InChI=1S/C15H25N3O2/c1-2-12-5-6-18(13(8-12)9-16)11-15(19)17-10-14-4-3-7-20-14/h3-4,7,12-13H,2,5-6,8-11,16H2,1H3,(H,17,19). The molecule has 3 N–H and O–H groups in total. The van der Waals surface area contributed by atoms with Crippen LogP contribution < -0.4 is 11.1 Å². The van der Waals surface area contributed by atoms with Crippen molar-refractivity contribution < 1.29 is 9.21 Å². The summed E-state index contributed by atoms with van der Waals surface area (Å²) in [4.78, 5) is 14.2. The first-order valence-corrected chi connectivity index (χ1v) is 7.46. The highest BCUT2D eigenvalue weighted by molar-refractivity contribution is 5.78. The Morgan fingerprint density at radius 2 is 2.45 bits per heavy atom. The second kappa shape index (κ2) is 7.45. The van der Waals surface area contributed by atoms with Crippen LogP contribution in [0.3, 0.4) is 0 Å². The molecule has 1 aliphatic heterocycles. The maximum Gasteiger partial charge on any atom is 0.234 e. The summed E-state index contributed by atoms with van der Waals surface area (Å²) in [5.74, 6) is 1.57. The number of amides is 1. The summed E-state index contributed by atoms with van der Waals surface area (Å²) >= 11 is 0. The van der Waals surface area contributed by atoms with Crippen LogP contribution in [0, 0.1) is 5.92 Å². The van der Waals surface area contributed by atoms with E-state index in [2.05, 4.69) is 17.1 Å². The zero-order chi connectivity index (χ0) is 14.4. The lowest BCUT2D eigenvalue weighted by Crippen LogP contribution is -2.50. The van der Waals surface area contributed by atoms with Gasteiger partial charge in [-0.1, -0.05) is 13.3 Å². The van der Waals surface area contributed by atoms with E-state index in [0.717, 1.165) is 24.6 Å². The van der Waals surface area contributed by atoms with Crippen LogP contribution in [0.1, 0.15) is 31.9 Å². The van der Waals surface area contributed by atoms with E-state index in [0.29, 0.717) is 25.7 Å². The maximum absolute atomic E-state index is 12.0. The van der Waals surface area contributed by atoms with Gasteiger partial charge in [0.15, 0.2) is 0 Å². The van der Waals surface area contributed by atoms with Crippen molar-refractivity contribution in [2.75, 3.05) is 19.6 Å². The Labute approximate surface area is 120 Å². The summed E-state index contributed by atoms with van der Waals surface area (Å²) in [5.41, 5.74) is 5.85. The summed E-state index contributed by atoms with van der Waals surface area (Å²) in [6, 6.07) is 4.01. The highest BCUT2D eigenvalue weighted by Gasteiger charge is 2.27. The minimum absolute atomic E-state index is 0.0369. The molecule has 2 heterocycles. The van der Waals surface area contributed by atoms with Crippen molar-refractivity contribution in [3.05, 3.63) is 24.2 Å². The number of piperidine rings is 1. The molecule has 1 fully saturated rings. The topological polar surface area (TPSA) is 71.5 Å². The Morgan fingerprint density at radius 1 is 1.60 bits per heavy atom. The van der Waals surface area contributed by atoms with Crippen molar-refractivity contribution in [1.82, 2.24) is 10.2 Å². The largest absolute Gasteiger partial charge is 0.467 e.